The SMILES string of the molecule is CN(CCc1noc(-c2ccc(C(=O)NCCN3CCCC3)cc2)n1)C(=O)Nc1ccc(Cl)cc1. The molecule has 0 unspecified atom stereocenters. The van der Waals surface area contributed by atoms with Crippen molar-refractivity contribution in [1.29, 1.82) is 0 Å². The molecule has 3 aromatic rings. The van der Waals surface area contributed by atoms with Gasteiger partial charge in [-0.25, -0.2) is 4.79 Å². The normalized spacial score (nSPS) is 13.5. The molecular weight excluding hydrogens is 468 g/mol. The first-order chi connectivity index (χ1) is 17.0. The Balaban J connectivity index is 1.24. The zero-order valence-electron chi connectivity index (χ0n) is 19.7. The molecule has 2 aromatic carbocycles. The summed E-state index contributed by atoms with van der Waals surface area (Å²) in [5, 5.41) is 10.4. The fourth-order valence-electron chi connectivity index (χ4n) is 3.79. The van der Waals surface area contributed by atoms with Gasteiger partial charge in [-0.3, -0.25) is 4.79 Å². The smallest absolute Gasteiger partial charge is 0.321 e. The number of likely N-dealkylation sites (tertiary alicyclic amines) is 1. The highest BCUT2D eigenvalue weighted by atomic mass is 35.5. The number of carbonyl (C=O) groups is 2. The molecule has 2 heterocycles. The molecule has 1 aromatic heterocycles. The summed E-state index contributed by atoms with van der Waals surface area (Å²) in [6.45, 7) is 4.16. The standard InChI is InChI=1S/C25H29ClN6O3/c1-31(25(34)28-21-10-8-20(26)9-11-21)16-12-22-29-24(35-30-22)19-6-4-18(5-7-19)23(33)27-13-17-32-14-2-3-15-32/h4-11H,2-3,12-17H2,1H3,(H,27,33)(H,28,34). The number of rotatable bonds is 9. The quantitative estimate of drug-likeness (QED) is 0.465. The first kappa shape index (κ1) is 24.7. The number of aromatic nitrogens is 2. The van der Waals surface area contributed by atoms with Gasteiger partial charge in [-0.1, -0.05) is 16.8 Å². The van der Waals surface area contributed by atoms with E-state index in [9.17, 15) is 9.59 Å². The first-order valence-electron chi connectivity index (χ1n) is 11.7. The summed E-state index contributed by atoms with van der Waals surface area (Å²) in [7, 11) is 1.70. The summed E-state index contributed by atoms with van der Waals surface area (Å²) in [4.78, 5) is 33.0. The van der Waals surface area contributed by atoms with E-state index >= 15 is 0 Å². The summed E-state index contributed by atoms with van der Waals surface area (Å²) in [5.74, 6) is 0.769. The Morgan fingerprint density at radius 1 is 1.09 bits per heavy atom. The second-order valence-corrected chi connectivity index (χ2v) is 8.94. The van der Waals surface area contributed by atoms with E-state index in [4.69, 9.17) is 16.1 Å². The molecule has 0 spiro atoms. The molecule has 0 bridgehead atoms. The number of hydrogen-bond donors (Lipinski definition) is 2. The number of nitrogens with zero attached hydrogens (tertiary/aromatic N) is 4. The Bertz CT molecular complexity index is 1130. The van der Waals surface area contributed by atoms with Crippen molar-refractivity contribution in [2.75, 3.05) is 45.1 Å². The van der Waals surface area contributed by atoms with Crippen molar-refractivity contribution in [3.63, 3.8) is 0 Å². The van der Waals surface area contributed by atoms with Crippen LogP contribution in [0.2, 0.25) is 5.02 Å². The van der Waals surface area contributed by atoms with Crippen molar-refractivity contribution in [2.45, 2.75) is 19.3 Å². The maximum Gasteiger partial charge on any atom is 0.321 e. The maximum atomic E-state index is 12.4. The van der Waals surface area contributed by atoms with Crippen molar-refractivity contribution < 1.29 is 14.1 Å². The van der Waals surface area contributed by atoms with Crippen LogP contribution in [-0.2, 0) is 6.42 Å². The number of carbonyl (C=O) groups excluding carboxylic acids is 2. The van der Waals surface area contributed by atoms with E-state index in [0.29, 0.717) is 47.5 Å². The van der Waals surface area contributed by atoms with Crippen molar-refractivity contribution in [2.24, 2.45) is 0 Å². The Labute approximate surface area is 209 Å². The molecular formula is C25H29ClN6O3. The molecule has 35 heavy (non-hydrogen) atoms. The molecule has 4 rings (SSSR count). The number of nitrogens with one attached hydrogen (secondary N) is 2. The number of hydrogen-bond acceptors (Lipinski definition) is 6. The van der Waals surface area contributed by atoms with E-state index < -0.39 is 0 Å². The predicted octanol–water partition coefficient (Wildman–Crippen LogP) is 3.92. The lowest BCUT2D eigenvalue weighted by Crippen LogP contribution is -2.33. The lowest BCUT2D eigenvalue weighted by Gasteiger charge is -2.17. The second-order valence-electron chi connectivity index (χ2n) is 8.51. The monoisotopic (exact) mass is 496 g/mol. The van der Waals surface area contributed by atoms with E-state index in [1.807, 2.05) is 0 Å². The molecule has 0 saturated carbocycles. The molecule has 10 heteroatoms. The minimum atomic E-state index is -0.245. The molecule has 1 fully saturated rings. The third kappa shape index (κ3) is 7.03. The minimum absolute atomic E-state index is 0.0955. The predicted molar refractivity (Wildman–Crippen MR) is 135 cm³/mol. The Hall–Kier alpha value is -3.43. The van der Waals surface area contributed by atoms with Crippen molar-refractivity contribution in [3.05, 3.63) is 64.9 Å². The van der Waals surface area contributed by atoms with E-state index in [1.165, 1.54) is 12.8 Å². The van der Waals surface area contributed by atoms with Crippen molar-refractivity contribution >= 4 is 29.2 Å². The van der Waals surface area contributed by atoms with Gasteiger partial charge < -0.3 is 25.0 Å². The summed E-state index contributed by atoms with van der Waals surface area (Å²) < 4.78 is 5.37. The number of benzene rings is 2. The second kappa shape index (κ2) is 11.8. The summed E-state index contributed by atoms with van der Waals surface area (Å²) in [6, 6.07) is 13.7. The van der Waals surface area contributed by atoms with Gasteiger partial charge in [0.05, 0.1) is 0 Å². The van der Waals surface area contributed by atoms with Crippen LogP contribution in [0.25, 0.3) is 11.5 Å². The third-order valence-electron chi connectivity index (χ3n) is 5.89. The topological polar surface area (TPSA) is 104 Å². The zero-order chi connectivity index (χ0) is 24.6. The van der Waals surface area contributed by atoms with Gasteiger partial charge in [-0.05, 0) is 74.5 Å². The van der Waals surface area contributed by atoms with Crippen molar-refractivity contribution in [3.8, 4) is 11.5 Å². The van der Waals surface area contributed by atoms with E-state index in [0.717, 1.165) is 25.2 Å². The fraction of sp³-hybridized carbons (Fsp3) is 0.360. The van der Waals surface area contributed by atoms with Gasteiger partial charge in [0.15, 0.2) is 5.82 Å². The number of likely N-dealkylation sites (N-methyl/N-ethyl adjacent to an activating group) is 1. The molecule has 184 valence electrons. The minimum Gasteiger partial charge on any atom is -0.351 e. The van der Waals surface area contributed by atoms with Gasteiger partial charge in [0.1, 0.15) is 0 Å². The number of urea groups is 1. The Morgan fingerprint density at radius 2 is 1.80 bits per heavy atom. The van der Waals surface area contributed by atoms with Gasteiger partial charge in [0.2, 0.25) is 0 Å². The molecule has 1 aliphatic rings. The lowest BCUT2D eigenvalue weighted by atomic mass is 10.1. The van der Waals surface area contributed by atoms with Crippen LogP contribution in [0.1, 0.15) is 29.0 Å². The number of halogens is 1. The van der Waals surface area contributed by atoms with Crippen LogP contribution in [0.5, 0.6) is 0 Å². The van der Waals surface area contributed by atoms with E-state index in [1.54, 1.807) is 60.5 Å². The van der Waals surface area contributed by atoms with Crippen LogP contribution >= 0.6 is 11.6 Å². The fourth-order valence-corrected chi connectivity index (χ4v) is 3.92. The van der Waals surface area contributed by atoms with Crippen LogP contribution in [0, 0.1) is 0 Å². The summed E-state index contributed by atoms with van der Waals surface area (Å²) >= 11 is 5.87. The zero-order valence-corrected chi connectivity index (χ0v) is 20.4. The van der Waals surface area contributed by atoms with Gasteiger partial charge in [-0.2, -0.15) is 4.98 Å². The highest BCUT2D eigenvalue weighted by Crippen LogP contribution is 2.18. The van der Waals surface area contributed by atoms with Crippen LogP contribution in [0.4, 0.5) is 10.5 Å². The maximum absolute atomic E-state index is 12.4. The third-order valence-corrected chi connectivity index (χ3v) is 6.14. The van der Waals surface area contributed by atoms with Gasteiger partial charge in [0, 0.05) is 54.9 Å². The average molecular weight is 497 g/mol. The molecule has 0 radical (unpaired) electrons. The summed E-state index contributed by atoms with van der Waals surface area (Å²) in [5.41, 5.74) is 1.98. The van der Waals surface area contributed by atoms with Crippen LogP contribution in [0.3, 0.4) is 0 Å². The molecule has 2 N–H and O–H groups in total. The lowest BCUT2D eigenvalue weighted by molar-refractivity contribution is 0.0949. The Morgan fingerprint density at radius 3 is 2.51 bits per heavy atom. The molecule has 0 aliphatic carbocycles. The molecule has 1 saturated heterocycles. The number of anilines is 1. The van der Waals surface area contributed by atoms with Crippen LogP contribution < -0.4 is 10.6 Å². The van der Waals surface area contributed by atoms with Gasteiger partial charge in [-0.15, -0.1) is 0 Å². The van der Waals surface area contributed by atoms with Crippen LogP contribution in [-0.4, -0.2) is 71.7 Å². The van der Waals surface area contributed by atoms with E-state index in [2.05, 4.69) is 25.7 Å². The Kier molecular flexibility index (Phi) is 8.33. The molecule has 1 aliphatic heterocycles. The van der Waals surface area contributed by atoms with Crippen molar-refractivity contribution in [1.82, 2.24) is 25.3 Å². The molecule has 9 nitrogen and oxygen atoms in total. The highest BCUT2D eigenvalue weighted by molar-refractivity contribution is 6.30. The van der Waals surface area contributed by atoms with Gasteiger partial charge >= 0.3 is 6.03 Å². The number of amides is 3. The average Bonchev–Trinajstić information content (AvgIpc) is 3.56. The summed E-state index contributed by atoms with van der Waals surface area (Å²) in [6.07, 6.45) is 2.91. The molecule has 3 amide bonds. The molecule has 0 atom stereocenters. The van der Waals surface area contributed by atoms with Crippen LogP contribution in [0.15, 0.2) is 53.1 Å². The largest absolute Gasteiger partial charge is 0.351 e. The highest BCUT2D eigenvalue weighted by Gasteiger charge is 2.15. The van der Waals surface area contributed by atoms with E-state index in [-0.39, 0.29) is 11.9 Å². The first-order valence-corrected chi connectivity index (χ1v) is 12.1. The van der Waals surface area contributed by atoms with Gasteiger partial charge in [0.25, 0.3) is 11.8 Å².